The van der Waals surface area contributed by atoms with Crippen LogP contribution in [0.15, 0.2) is 60.2 Å². The van der Waals surface area contributed by atoms with E-state index in [1.54, 1.807) is 24.3 Å². The Kier molecular flexibility index (Phi) is 4.80. The summed E-state index contributed by atoms with van der Waals surface area (Å²) < 4.78 is 0. The molecular weight excluding hydrogens is 384 g/mol. The molecule has 1 N–H and O–H groups in total. The molecule has 29 heavy (non-hydrogen) atoms. The van der Waals surface area contributed by atoms with E-state index in [9.17, 15) is 14.7 Å². The highest BCUT2D eigenvalue weighted by molar-refractivity contribution is 7.16. The predicted molar refractivity (Wildman–Crippen MR) is 114 cm³/mol. The summed E-state index contributed by atoms with van der Waals surface area (Å²) >= 11 is 1.37. The van der Waals surface area contributed by atoms with Gasteiger partial charge in [0.15, 0.2) is 5.13 Å². The fourth-order valence-corrected chi connectivity index (χ4v) is 4.34. The molecular formula is C23H20N2O3S. The van der Waals surface area contributed by atoms with Crippen LogP contribution in [0.3, 0.4) is 0 Å². The third-order valence-corrected chi connectivity index (χ3v) is 6.18. The first-order valence-corrected chi connectivity index (χ1v) is 10.1. The van der Waals surface area contributed by atoms with Gasteiger partial charge in [-0.25, -0.2) is 4.98 Å². The molecule has 1 aromatic heterocycles. The molecule has 0 bridgehead atoms. The summed E-state index contributed by atoms with van der Waals surface area (Å²) in [4.78, 5) is 32.9. The van der Waals surface area contributed by atoms with Crippen molar-refractivity contribution < 1.29 is 14.7 Å². The first kappa shape index (κ1) is 19.1. The highest BCUT2D eigenvalue weighted by atomic mass is 32.1. The molecule has 5 nitrogen and oxygen atoms in total. The van der Waals surface area contributed by atoms with E-state index in [2.05, 4.69) is 4.98 Å². The molecule has 1 fully saturated rings. The zero-order valence-electron chi connectivity index (χ0n) is 16.3. The number of nitrogens with zero attached hydrogens (tertiary/aromatic N) is 2. The van der Waals surface area contributed by atoms with Gasteiger partial charge in [-0.05, 0) is 26.3 Å². The molecule has 1 amide bonds. The minimum atomic E-state index is -0.735. The molecule has 0 spiro atoms. The summed E-state index contributed by atoms with van der Waals surface area (Å²) in [6.07, 6.45) is 0. The molecule has 1 saturated heterocycles. The van der Waals surface area contributed by atoms with Gasteiger partial charge in [0.25, 0.3) is 5.78 Å². The predicted octanol–water partition coefficient (Wildman–Crippen LogP) is 4.69. The number of Topliss-reactive ketones (excluding diaryl/α,β-unsaturated/α-hetero) is 1. The Hall–Kier alpha value is -3.25. The number of rotatable bonds is 3. The lowest BCUT2D eigenvalue weighted by molar-refractivity contribution is -0.132. The standard InChI is InChI=1S/C23H20N2O3S/c1-13-9-11-16(12-10-13)19-18(20(26)17-7-5-4-6-8-17)21(27)22(28)25(19)23-24-14(2)15(3)29-23/h4-12,19,26H,1-3H3/b20-18+. The number of thiazole rings is 1. The van der Waals surface area contributed by atoms with Crippen LogP contribution in [0.1, 0.15) is 33.3 Å². The van der Waals surface area contributed by atoms with Crippen molar-refractivity contribution in [2.45, 2.75) is 26.8 Å². The first-order valence-electron chi connectivity index (χ1n) is 9.25. The molecule has 1 aliphatic heterocycles. The minimum absolute atomic E-state index is 0.0792. The molecule has 1 atom stereocenters. The number of benzene rings is 2. The second-order valence-corrected chi connectivity index (χ2v) is 8.27. The number of aliphatic hydroxyl groups is 1. The zero-order valence-corrected chi connectivity index (χ0v) is 17.2. The van der Waals surface area contributed by atoms with Gasteiger partial charge in [0.2, 0.25) is 0 Å². The van der Waals surface area contributed by atoms with Crippen LogP contribution >= 0.6 is 11.3 Å². The smallest absolute Gasteiger partial charge is 0.301 e. The number of aliphatic hydroxyl groups excluding tert-OH is 1. The Morgan fingerprint density at radius 1 is 1.00 bits per heavy atom. The van der Waals surface area contributed by atoms with Crippen molar-refractivity contribution in [3.63, 3.8) is 0 Å². The lowest BCUT2D eigenvalue weighted by Gasteiger charge is -2.23. The van der Waals surface area contributed by atoms with E-state index in [1.807, 2.05) is 51.1 Å². The molecule has 2 aromatic carbocycles. The van der Waals surface area contributed by atoms with Crippen LogP contribution in [0, 0.1) is 20.8 Å². The number of carbonyl (C=O) groups is 2. The quantitative estimate of drug-likeness (QED) is 0.390. The van der Waals surface area contributed by atoms with Gasteiger partial charge < -0.3 is 5.11 Å². The zero-order chi connectivity index (χ0) is 20.7. The average Bonchev–Trinajstić information content (AvgIpc) is 3.18. The molecule has 3 aromatic rings. The monoisotopic (exact) mass is 404 g/mol. The van der Waals surface area contributed by atoms with Crippen LogP contribution in [0.2, 0.25) is 0 Å². The fraction of sp³-hybridized carbons (Fsp3) is 0.174. The van der Waals surface area contributed by atoms with E-state index in [-0.39, 0.29) is 11.3 Å². The lowest BCUT2D eigenvalue weighted by Crippen LogP contribution is -2.29. The number of ketones is 1. The van der Waals surface area contributed by atoms with Crippen molar-refractivity contribution in [2.24, 2.45) is 0 Å². The molecule has 0 aliphatic carbocycles. The van der Waals surface area contributed by atoms with Crippen LogP contribution in [0.4, 0.5) is 5.13 Å². The van der Waals surface area contributed by atoms with Gasteiger partial charge in [0.05, 0.1) is 17.3 Å². The number of hydrogen-bond donors (Lipinski definition) is 1. The summed E-state index contributed by atoms with van der Waals surface area (Å²) in [5.41, 5.74) is 3.20. The normalized spacial score (nSPS) is 18.4. The van der Waals surface area contributed by atoms with E-state index in [1.165, 1.54) is 16.2 Å². The third kappa shape index (κ3) is 3.25. The number of aromatic nitrogens is 1. The van der Waals surface area contributed by atoms with Crippen molar-refractivity contribution in [1.29, 1.82) is 0 Å². The van der Waals surface area contributed by atoms with Gasteiger partial charge >= 0.3 is 5.91 Å². The maximum atomic E-state index is 13.0. The van der Waals surface area contributed by atoms with Crippen LogP contribution in [-0.4, -0.2) is 21.8 Å². The fourth-order valence-electron chi connectivity index (χ4n) is 3.40. The summed E-state index contributed by atoms with van der Waals surface area (Å²) in [6, 6.07) is 15.7. The Bertz CT molecular complexity index is 1110. The number of anilines is 1. The van der Waals surface area contributed by atoms with Gasteiger partial charge in [-0.1, -0.05) is 60.2 Å². The third-order valence-electron chi connectivity index (χ3n) is 5.11. The van der Waals surface area contributed by atoms with E-state index in [0.29, 0.717) is 10.7 Å². The summed E-state index contributed by atoms with van der Waals surface area (Å²) in [5.74, 6) is -1.56. The van der Waals surface area contributed by atoms with Crippen molar-refractivity contribution >= 4 is 33.9 Å². The SMILES string of the molecule is Cc1ccc(C2/C(=C(\O)c3ccccc3)C(=O)C(=O)N2c2nc(C)c(C)s2)cc1. The van der Waals surface area contributed by atoms with Gasteiger partial charge in [-0.15, -0.1) is 11.3 Å². The van der Waals surface area contributed by atoms with Gasteiger partial charge in [0.1, 0.15) is 5.76 Å². The van der Waals surface area contributed by atoms with Crippen LogP contribution in [0.5, 0.6) is 0 Å². The highest BCUT2D eigenvalue weighted by Crippen LogP contribution is 2.43. The van der Waals surface area contributed by atoms with E-state index in [0.717, 1.165) is 21.7 Å². The van der Waals surface area contributed by atoms with E-state index in [4.69, 9.17) is 0 Å². The largest absolute Gasteiger partial charge is 0.507 e. The highest BCUT2D eigenvalue weighted by Gasteiger charge is 2.48. The van der Waals surface area contributed by atoms with Gasteiger partial charge in [-0.2, -0.15) is 0 Å². The summed E-state index contributed by atoms with van der Waals surface area (Å²) in [7, 11) is 0. The number of amides is 1. The average molecular weight is 404 g/mol. The van der Waals surface area contributed by atoms with Crippen molar-refractivity contribution in [3.8, 4) is 0 Å². The van der Waals surface area contributed by atoms with E-state index < -0.39 is 17.7 Å². The molecule has 4 rings (SSSR count). The Morgan fingerprint density at radius 2 is 1.66 bits per heavy atom. The van der Waals surface area contributed by atoms with Crippen molar-refractivity contribution in [2.75, 3.05) is 4.90 Å². The molecule has 2 heterocycles. The van der Waals surface area contributed by atoms with Crippen molar-refractivity contribution in [1.82, 2.24) is 4.98 Å². The Morgan fingerprint density at radius 3 is 2.24 bits per heavy atom. The molecule has 0 saturated carbocycles. The second kappa shape index (κ2) is 7.29. The van der Waals surface area contributed by atoms with Crippen LogP contribution in [-0.2, 0) is 9.59 Å². The summed E-state index contributed by atoms with van der Waals surface area (Å²) in [5, 5.41) is 11.4. The van der Waals surface area contributed by atoms with Crippen molar-refractivity contribution in [3.05, 3.63) is 87.4 Å². The maximum Gasteiger partial charge on any atom is 0.301 e. The number of aryl methyl sites for hydroxylation is 3. The summed E-state index contributed by atoms with van der Waals surface area (Å²) in [6.45, 7) is 5.77. The molecule has 146 valence electrons. The van der Waals surface area contributed by atoms with Crippen LogP contribution < -0.4 is 4.90 Å². The molecule has 6 heteroatoms. The minimum Gasteiger partial charge on any atom is -0.507 e. The molecule has 0 radical (unpaired) electrons. The molecule has 1 aliphatic rings. The lowest BCUT2D eigenvalue weighted by atomic mass is 9.95. The molecule has 1 unspecified atom stereocenters. The first-order chi connectivity index (χ1) is 13.9. The van der Waals surface area contributed by atoms with Crippen LogP contribution in [0.25, 0.3) is 5.76 Å². The Balaban J connectivity index is 1.95. The van der Waals surface area contributed by atoms with Gasteiger partial charge in [0, 0.05) is 10.4 Å². The maximum absolute atomic E-state index is 13.0. The number of hydrogen-bond acceptors (Lipinski definition) is 5. The second-order valence-electron chi connectivity index (χ2n) is 7.08. The Labute approximate surface area is 173 Å². The van der Waals surface area contributed by atoms with Gasteiger partial charge in [-0.3, -0.25) is 14.5 Å². The van der Waals surface area contributed by atoms with E-state index >= 15 is 0 Å². The number of carbonyl (C=O) groups excluding carboxylic acids is 2. The topological polar surface area (TPSA) is 70.5 Å².